The molecule has 0 saturated heterocycles. The van der Waals surface area contributed by atoms with E-state index < -0.39 is 24.1 Å². The van der Waals surface area contributed by atoms with Crippen LogP contribution in [-0.4, -0.2) is 55.6 Å². The molecular formula is C29H35NO8. The highest BCUT2D eigenvalue weighted by Crippen LogP contribution is 2.33. The first-order chi connectivity index (χ1) is 17.9. The Balaban J connectivity index is 1.91. The van der Waals surface area contributed by atoms with Crippen molar-refractivity contribution >= 4 is 11.9 Å². The van der Waals surface area contributed by atoms with Crippen molar-refractivity contribution in [2.75, 3.05) is 26.4 Å². The Kier molecular flexibility index (Phi) is 11.2. The van der Waals surface area contributed by atoms with Gasteiger partial charge in [-0.15, -0.1) is 0 Å². The minimum Gasteiger partial charge on any atom is -0.491 e. The molecule has 0 radical (unpaired) electrons. The fraction of sp³-hybridized carbons (Fsp3) is 0.379. The molecule has 0 saturated carbocycles. The molecule has 38 heavy (non-hydrogen) atoms. The van der Waals surface area contributed by atoms with Crippen LogP contribution >= 0.6 is 0 Å². The van der Waals surface area contributed by atoms with Crippen molar-refractivity contribution < 1.29 is 33.6 Å². The van der Waals surface area contributed by atoms with E-state index in [4.69, 9.17) is 18.9 Å². The van der Waals surface area contributed by atoms with Gasteiger partial charge >= 0.3 is 11.9 Å². The van der Waals surface area contributed by atoms with Gasteiger partial charge in [0.2, 0.25) is 0 Å². The molecule has 1 N–H and O–H groups in total. The Labute approximate surface area is 223 Å². The van der Waals surface area contributed by atoms with Gasteiger partial charge in [-0.1, -0.05) is 56.4 Å². The predicted molar refractivity (Wildman–Crippen MR) is 143 cm³/mol. The van der Waals surface area contributed by atoms with Gasteiger partial charge in [-0.25, -0.2) is 9.59 Å². The summed E-state index contributed by atoms with van der Waals surface area (Å²) in [5.74, 6) is -0.00505. The SMILES string of the molecule is C=C(C)C(=O)OCC(O)COc1ccc(C(C)(C)c2ccc(OCC(COC(=O)C(=C)C)N=O)cc2)cc1. The number of hydrogen-bond donors (Lipinski definition) is 1. The third-order valence-corrected chi connectivity index (χ3v) is 5.70. The number of esters is 2. The fourth-order valence-corrected chi connectivity index (χ4v) is 3.23. The maximum atomic E-state index is 11.5. The lowest BCUT2D eigenvalue weighted by atomic mass is 9.78. The smallest absolute Gasteiger partial charge is 0.333 e. The number of nitrogens with zero attached hydrogens (tertiary/aromatic N) is 1. The second kappa shape index (κ2) is 14.1. The van der Waals surface area contributed by atoms with Crippen molar-refractivity contribution in [3.63, 3.8) is 0 Å². The molecule has 0 aliphatic heterocycles. The minimum atomic E-state index is -0.959. The molecule has 204 valence electrons. The van der Waals surface area contributed by atoms with E-state index in [0.29, 0.717) is 11.5 Å². The van der Waals surface area contributed by atoms with E-state index >= 15 is 0 Å². The first-order valence-corrected chi connectivity index (χ1v) is 12.1. The van der Waals surface area contributed by atoms with Crippen LogP contribution in [0.15, 0.2) is 78.0 Å². The van der Waals surface area contributed by atoms with Gasteiger partial charge < -0.3 is 24.1 Å². The van der Waals surface area contributed by atoms with Crippen molar-refractivity contribution in [3.8, 4) is 11.5 Å². The van der Waals surface area contributed by atoms with E-state index in [2.05, 4.69) is 32.2 Å². The van der Waals surface area contributed by atoms with Crippen LogP contribution in [0.25, 0.3) is 0 Å². The third-order valence-electron chi connectivity index (χ3n) is 5.70. The number of ether oxygens (including phenoxy) is 4. The van der Waals surface area contributed by atoms with E-state index in [1.807, 2.05) is 36.4 Å². The second-order valence-electron chi connectivity index (χ2n) is 9.47. The van der Waals surface area contributed by atoms with Gasteiger partial charge in [0.25, 0.3) is 0 Å². The van der Waals surface area contributed by atoms with Crippen molar-refractivity contribution in [3.05, 3.63) is 88.9 Å². The zero-order valence-corrected chi connectivity index (χ0v) is 22.3. The largest absolute Gasteiger partial charge is 0.491 e. The second-order valence-corrected chi connectivity index (χ2v) is 9.47. The molecule has 2 aromatic carbocycles. The van der Waals surface area contributed by atoms with Crippen LogP contribution in [0.1, 0.15) is 38.8 Å². The average molecular weight is 526 g/mol. The Bertz CT molecular complexity index is 1120. The Morgan fingerprint density at radius 1 is 0.789 bits per heavy atom. The summed E-state index contributed by atoms with van der Waals surface area (Å²) in [5, 5.41) is 12.9. The zero-order chi connectivity index (χ0) is 28.3. The van der Waals surface area contributed by atoms with E-state index in [1.54, 1.807) is 12.1 Å². The molecule has 9 nitrogen and oxygen atoms in total. The molecule has 2 rings (SSSR count). The topological polar surface area (TPSA) is 121 Å². The molecule has 9 heteroatoms. The fourth-order valence-electron chi connectivity index (χ4n) is 3.23. The number of aliphatic hydroxyl groups excluding tert-OH is 1. The van der Waals surface area contributed by atoms with Crippen LogP contribution in [0.3, 0.4) is 0 Å². The highest BCUT2D eigenvalue weighted by atomic mass is 16.6. The summed E-state index contributed by atoms with van der Waals surface area (Å²) in [7, 11) is 0. The van der Waals surface area contributed by atoms with Gasteiger partial charge in [-0.05, 0) is 49.2 Å². The summed E-state index contributed by atoms with van der Waals surface area (Å²) >= 11 is 0. The zero-order valence-electron chi connectivity index (χ0n) is 22.3. The van der Waals surface area contributed by atoms with Crippen LogP contribution < -0.4 is 9.47 Å². The monoisotopic (exact) mass is 525 g/mol. The molecule has 2 unspecified atom stereocenters. The number of rotatable bonds is 15. The number of carbonyl (C=O) groups is 2. The maximum absolute atomic E-state index is 11.5. The van der Waals surface area contributed by atoms with Crippen LogP contribution in [0.4, 0.5) is 0 Å². The van der Waals surface area contributed by atoms with Crippen molar-refractivity contribution in [1.82, 2.24) is 0 Å². The number of carbonyl (C=O) groups excluding carboxylic acids is 2. The van der Waals surface area contributed by atoms with Gasteiger partial charge in [-0.2, -0.15) is 4.91 Å². The number of aliphatic hydroxyl groups is 1. The standard InChI is InChI=1S/C29H35NO8/c1-19(2)27(32)37-16-23(30-34)15-35-25-11-7-21(8-12-25)29(5,6)22-9-13-26(14-10-22)36-17-24(31)18-38-28(33)20(3)4/h7-14,23-24,31H,1,3,15-18H2,2,4-6H3. The van der Waals surface area contributed by atoms with E-state index in [0.717, 1.165) is 11.1 Å². The lowest BCUT2D eigenvalue weighted by molar-refractivity contribution is -0.142. The summed E-state index contributed by atoms with van der Waals surface area (Å²) in [4.78, 5) is 33.9. The Morgan fingerprint density at radius 2 is 1.21 bits per heavy atom. The summed E-state index contributed by atoms with van der Waals surface area (Å²) in [6.45, 7) is 13.8. The molecule has 2 atom stereocenters. The highest BCUT2D eigenvalue weighted by Gasteiger charge is 2.23. The maximum Gasteiger partial charge on any atom is 0.333 e. The van der Waals surface area contributed by atoms with Crippen molar-refractivity contribution in [2.45, 2.75) is 45.3 Å². The summed E-state index contributed by atoms with van der Waals surface area (Å²) in [5.41, 5.74) is 2.25. The predicted octanol–water partition coefficient (Wildman–Crippen LogP) is 4.50. The van der Waals surface area contributed by atoms with Crippen molar-refractivity contribution in [1.29, 1.82) is 0 Å². The van der Waals surface area contributed by atoms with Crippen LogP contribution in [0.5, 0.6) is 11.5 Å². The van der Waals surface area contributed by atoms with Crippen LogP contribution in [0.2, 0.25) is 0 Å². The van der Waals surface area contributed by atoms with Crippen LogP contribution in [0, 0.1) is 4.91 Å². The van der Waals surface area contributed by atoms with Gasteiger partial charge in [-0.3, -0.25) is 0 Å². The molecule has 0 spiro atoms. The van der Waals surface area contributed by atoms with E-state index in [9.17, 15) is 19.6 Å². The molecule has 0 aliphatic rings. The first kappa shape index (κ1) is 30.2. The van der Waals surface area contributed by atoms with Gasteiger partial charge in [0.15, 0.2) is 6.04 Å². The summed E-state index contributed by atoms with van der Waals surface area (Å²) in [6, 6.07) is 14.2. The molecule has 0 fully saturated rings. The minimum absolute atomic E-state index is 0.0233. The lowest BCUT2D eigenvalue weighted by Gasteiger charge is -2.26. The Morgan fingerprint density at radius 3 is 1.63 bits per heavy atom. The normalized spacial score (nSPS) is 12.6. The van der Waals surface area contributed by atoms with E-state index in [-0.39, 0.29) is 43.0 Å². The number of nitroso groups, excluding NO2 is 1. The number of benzene rings is 2. The molecular weight excluding hydrogens is 490 g/mol. The molecule has 0 aromatic heterocycles. The van der Waals surface area contributed by atoms with Gasteiger partial charge in [0.05, 0.1) is 0 Å². The highest BCUT2D eigenvalue weighted by molar-refractivity contribution is 5.87. The average Bonchev–Trinajstić information content (AvgIpc) is 2.90. The van der Waals surface area contributed by atoms with Gasteiger partial charge in [0, 0.05) is 16.6 Å². The number of hydrogen-bond acceptors (Lipinski definition) is 9. The van der Waals surface area contributed by atoms with Gasteiger partial charge in [0.1, 0.15) is 44.0 Å². The lowest BCUT2D eigenvalue weighted by Crippen LogP contribution is -2.25. The van der Waals surface area contributed by atoms with Crippen molar-refractivity contribution in [2.24, 2.45) is 5.18 Å². The summed E-state index contributed by atoms with van der Waals surface area (Å²) < 4.78 is 21.1. The molecule has 2 aromatic rings. The Hall–Kier alpha value is -3.98. The summed E-state index contributed by atoms with van der Waals surface area (Å²) in [6.07, 6.45) is -0.959. The molecule has 0 amide bonds. The molecule has 0 aliphatic carbocycles. The third kappa shape index (κ3) is 9.15. The molecule has 0 bridgehead atoms. The van der Waals surface area contributed by atoms with Crippen LogP contribution in [-0.2, 0) is 24.5 Å². The van der Waals surface area contributed by atoms with E-state index in [1.165, 1.54) is 13.8 Å². The first-order valence-electron chi connectivity index (χ1n) is 12.1. The quantitative estimate of drug-likeness (QED) is 0.205. The molecule has 0 heterocycles.